The molecule has 40 heavy (non-hydrogen) atoms. The Morgan fingerprint density at radius 1 is 0.975 bits per heavy atom. The fraction of sp³-hybridized carbons (Fsp3) is 0.529. The molecule has 1 aromatic heterocycles. The Morgan fingerprint density at radius 3 is 2.27 bits per heavy atom. The second-order valence-electron chi connectivity index (χ2n) is 12.2. The van der Waals surface area contributed by atoms with Crippen molar-refractivity contribution in [2.75, 3.05) is 32.7 Å². The Labute approximate surface area is 240 Å². The van der Waals surface area contributed by atoms with Crippen molar-refractivity contribution in [2.24, 2.45) is 11.8 Å². The van der Waals surface area contributed by atoms with Crippen LogP contribution >= 0.6 is 0 Å². The maximum Gasteiger partial charge on any atom is 0.321 e. The zero-order valence-corrected chi connectivity index (χ0v) is 24.5. The number of aromatic nitrogens is 2. The van der Waals surface area contributed by atoms with Crippen LogP contribution in [0, 0.1) is 11.8 Å². The Kier molecular flexibility index (Phi) is 9.38. The normalized spacial score (nSPS) is 21.7. The second-order valence-corrected chi connectivity index (χ2v) is 12.2. The van der Waals surface area contributed by atoms with Gasteiger partial charge in [0, 0.05) is 43.7 Å². The monoisotopic (exact) mass is 542 g/mol. The minimum Gasteiger partial charge on any atom is -0.480 e. The quantitative estimate of drug-likeness (QED) is 0.337. The summed E-state index contributed by atoms with van der Waals surface area (Å²) in [7, 11) is 0. The van der Waals surface area contributed by atoms with E-state index >= 15 is 0 Å². The van der Waals surface area contributed by atoms with E-state index in [1.165, 1.54) is 22.4 Å². The molecule has 2 aromatic carbocycles. The maximum absolute atomic E-state index is 12.2. The predicted molar refractivity (Wildman–Crippen MR) is 161 cm³/mol. The number of likely N-dealkylation sites (tertiary alicyclic amines) is 2. The lowest BCUT2D eigenvalue weighted by Crippen LogP contribution is -2.44. The van der Waals surface area contributed by atoms with E-state index in [4.69, 9.17) is 5.10 Å². The number of nitrogens with zero attached hydrogens (tertiary/aromatic N) is 4. The SMILES string of the molecule is CCn1ncc(CCc2ccccc2)c1C1CCN(CC2CN([C@@H](C(=O)O)C(C)C)CC2c2ccccc2)CC1. The molecule has 0 bridgehead atoms. The number of carbonyl (C=O) groups is 1. The molecule has 2 fully saturated rings. The number of carboxylic acids is 1. The van der Waals surface area contributed by atoms with E-state index < -0.39 is 12.0 Å². The first-order chi connectivity index (χ1) is 19.4. The van der Waals surface area contributed by atoms with Crippen LogP contribution in [-0.2, 0) is 24.2 Å². The van der Waals surface area contributed by atoms with Crippen LogP contribution in [0.1, 0.15) is 67.8 Å². The highest BCUT2D eigenvalue weighted by Gasteiger charge is 2.41. The van der Waals surface area contributed by atoms with Crippen LogP contribution in [0.25, 0.3) is 0 Å². The number of carboxylic acid groups (broad SMARTS) is 1. The molecule has 0 radical (unpaired) electrons. The van der Waals surface area contributed by atoms with Crippen LogP contribution < -0.4 is 0 Å². The van der Waals surface area contributed by atoms with Gasteiger partial charge in [-0.05, 0) is 74.2 Å². The molecule has 1 N–H and O–H groups in total. The van der Waals surface area contributed by atoms with Gasteiger partial charge in [-0.15, -0.1) is 0 Å². The molecule has 2 saturated heterocycles. The predicted octanol–water partition coefficient (Wildman–Crippen LogP) is 5.69. The molecule has 2 unspecified atom stereocenters. The third-order valence-electron chi connectivity index (χ3n) is 9.23. The summed E-state index contributed by atoms with van der Waals surface area (Å²) in [5.74, 6) is 0.737. The highest BCUT2D eigenvalue weighted by molar-refractivity contribution is 5.73. The van der Waals surface area contributed by atoms with E-state index in [1.54, 1.807) is 0 Å². The number of aliphatic carboxylic acids is 1. The largest absolute Gasteiger partial charge is 0.480 e. The Hall–Kier alpha value is -2.96. The van der Waals surface area contributed by atoms with Gasteiger partial charge in [-0.1, -0.05) is 74.5 Å². The van der Waals surface area contributed by atoms with Gasteiger partial charge in [0.2, 0.25) is 0 Å². The minimum absolute atomic E-state index is 0.0860. The molecule has 214 valence electrons. The van der Waals surface area contributed by atoms with Gasteiger partial charge in [-0.3, -0.25) is 14.4 Å². The van der Waals surface area contributed by atoms with Crippen molar-refractivity contribution < 1.29 is 9.90 Å². The molecule has 0 spiro atoms. The van der Waals surface area contributed by atoms with Gasteiger partial charge >= 0.3 is 5.97 Å². The van der Waals surface area contributed by atoms with Gasteiger partial charge in [-0.2, -0.15) is 5.10 Å². The number of hydrogen-bond donors (Lipinski definition) is 1. The number of aryl methyl sites for hydroxylation is 3. The molecule has 6 heteroatoms. The Balaban J connectivity index is 1.25. The number of hydrogen-bond acceptors (Lipinski definition) is 4. The van der Waals surface area contributed by atoms with Crippen molar-refractivity contribution in [3.8, 4) is 0 Å². The summed E-state index contributed by atoms with van der Waals surface area (Å²) in [6.45, 7) is 12.0. The summed E-state index contributed by atoms with van der Waals surface area (Å²) >= 11 is 0. The van der Waals surface area contributed by atoms with E-state index in [2.05, 4.69) is 88.3 Å². The van der Waals surface area contributed by atoms with E-state index in [-0.39, 0.29) is 5.92 Å². The standard InChI is InChI=1S/C34H46N4O2/c1-4-38-33(29(21-35-38)16-15-26-11-7-5-8-12-26)28-17-19-36(20-18-28)22-30-23-37(32(25(2)3)34(39)40)24-31(30)27-13-9-6-10-14-27/h5-14,21,25,28,30-32H,4,15-20,22-24H2,1-3H3,(H,39,40)/t30?,31?,32-/m1/s1. The molecular weight excluding hydrogens is 496 g/mol. The molecule has 0 amide bonds. The van der Waals surface area contributed by atoms with Crippen molar-refractivity contribution in [3.63, 3.8) is 0 Å². The summed E-state index contributed by atoms with van der Waals surface area (Å²) in [5.41, 5.74) is 5.59. The van der Waals surface area contributed by atoms with Crippen molar-refractivity contribution in [2.45, 2.75) is 70.9 Å². The van der Waals surface area contributed by atoms with Crippen LogP contribution in [0.2, 0.25) is 0 Å². The molecule has 5 rings (SSSR count). The van der Waals surface area contributed by atoms with Crippen molar-refractivity contribution in [1.29, 1.82) is 0 Å². The van der Waals surface area contributed by atoms with E-state index in [0.29, 0.717) is 17.8 Å². The van der Waals surface area contributed by atoms with Gasteiger partial charge < -0.3 is 10.0 Å². The molecule has 0 saturated carbocycles. The van der Waals surface area contributed by atoms with E-state index in [1.807, 2.05) is 13.8 Å². The first kappa shape index (κ1) is 28.6. The number of rotatable bonds is 11. The zero-order chi connectivity index (χ0) is 28.1. The van der Waals surface area contributed by atoms with Gasteiger partial charge in [0.15, 0.2) is 0 Å². The fourth-order valence-corrected chi connectivity index (χ4v) is 7.25. The van der Waals surface area contributed by atoms with Crippen molar-refractivity contribution >= 4 is 5.97 Å². The summed E-state index contributed by atoms with van der Waals surface area (Å²) in [4.78, 5) is 17.0. The van der Waals surface area contributed by atoms with Crippen LogP contribution in [0.5, 0.6) is 0 Å². The third-order valence-corrected chi connectivity index (χ3v) is 9.23. The maximum atomic E-state index is 12.2. The van der Waals surface area contributed by atoms with Crippen LogP contribution in [0.4, 0.5) is 0 Å². The van der Waals surface area contributed by atoms with E-state index in [9.17, 15) is 9.90 Å². The summed E-state index contributed by atoms with van der Waals surface area (Å²) in [6.07, 6.45) is 6.51. The third kappa shape index (κ3) is 6.50. The van der Waals surface area contributed by atoms with Crippen molar-refractivity contribution in [1.82, 2.24) is 19.6 Å². The lowest BCUT2D eigenvalue weighted by molar-refractivity contribution is -0.144. The lowest BCUT2D eigenvalue weighted by Gasteiger charge is -2.35. The fourth-order valence-electron chi connectivity index (χ4n) is 7.25. The van der Waals surface area contributed by atoms with Gasteiger partial charge in [0.25, 0.3) is 0 Å². The topological polar surface area (TPSA) is 61.6 Å². The first-order valence-electron chi connectivity index (χ1n) is 15.3. The lowest BCUT2D eigenvalue weighted by atomic mass is 9.86. The highest BCUT2D eigenvalue weighted by atomic mass is 16.4. The molecule has 3 aromatic rings. The van der Waals surface area contributed by atoms with E-state index in [0.717, 1.165) is 65.0 Å². The van der Waals surface area contributed by atoms with Crippen LogP contribution in [0.3, 0.4) is 0 Å². The molecular formula is C34H46N4O2. The van der Waals surface area contributed by atoms with Gasteiger partial charge in [0.05, 0.1) is 6.20 Å². The zero-order valence-electron chi connectivity index (χ0n) is 24.5. The number of benzene rings is 2. The average molecular weight is 543 g/mol. The van der Waals surface area contributed by atoms with Gasteiger partial charge in [-0.25, -0.2) is 0 Å². The molecule has 3 atom stereocenters. The Bertz CT molecular complexity index is 1220. The van der Waals surface area contributed by atoms with Crippen molar-refractivity contribution in [3.05, 3.63) is 89.2 Å². The Morgan fingerprint density at radius 2 is 1.65 bits per heavy atom. The molecule has 6 nitrogen and oxygen atoms in total. The second kappa shape index (κ2) is 13.1. The van der Waals surface area contributed by atoms with Crippen LogP contribution in [-0.4, -0.2) is 69.4 Å². The molecule has 2 aliphatic heterocycles. The highest BCUT2D eigenvalue weighted by Crippen LogP contribution is 2.37. The molecule has 2 aliphatic rings. The average Bonchev–Trinajstić information content (AvgIpc) is 3.57. The number of piperidine rings is 1. The first-order valence-corrected chi connectivity index (χ1v) is 15.3. The molecule has 3 heterocycles. The van der Waals surface area contributed by atoms with Crippen LogP contribution in [0.15, 0.2) is 66.9 Å². The summed E-state index contributed by atoms with van der Waals surface area (Å²) in [5, 5.41) is 14.8. The summed E-state index contributed by atoms with van der Waals surface area (Å²) in [6, 6.07) is 21.1. The minimum atomic E-state index is -0.695. The summed E-state index contributed by atoms with van der Waals surface area (Å²) < 4.78 is 2.24. The smallest absolute Gasteiger partial charge is 0.321 e. The van der Waals surface area contributed by atoms with Gasteiger partial charge in [0.1, 0.15) is 6.04 Å². The molecule has 0 aliphatic carbocycles.